The lowest BCUT2D eigenvalue weighted by Gasteiger charge is -2.38. The van der Waals surface area contributed by atoms with E-state index in [4.69, 9.17) is 19.1 Å². The monoisotopic (exact) mass is 222 g/mol. The zero-order valence-corrected chi connectivity index (χ0v) is 8.36. The molecule has 0 aromatic heterocycles. The average molecular weight is 222 g/mol. The Bertz CT molecular complexity index is 208. The van der Waals surface area contributed by atoms with Gasteiger partial charge in [0.1, 0.15) is 18.3 Å². The second kappa shape index (κ2) is 6.62. The number of carbonyl (C=O) groups excluding carboxylic acids is 2. The predicted octanol–water partition coefficient (Wildman–Crippen LogP) is -2.12. The van der Waals surface area contributed by atoms with Crippen LogP contribution in [0.15, 0.2) is 0 Å². The molecule has 3 N–H and O–H groups in total. The van der Waals surface area contributed by atoms with E-state index in [0.717, 1.165) is 0 Å². The summed E-state index contributed by atoms with van der Waals surface area (Å²) in [5.74, 6) is 0. The fraction of sp³-hybridized carbons (Fsp3) is 0.875. The molecule has 5 atom stereocenters. The number of rotatable bonds is 1. The van der Waals surface area contributed by atoms with Crippen LogP contribution in [-0.4, -0.2) is 59.3 Å². The van der Waals surface area contributed by atoms with Gasteiger partial charge in [-0.2, -0.15) is 9.59 Å². The third-order valence-corrected chi connectivity index (χ3v) is 2.04. The van der Waals surface area contributed by atoms with Crippen molar-refractivity contribution < 1.29 is 34.4 Å². The van der Waals surface area contributed by atoms with Gasteiger partial charge < -0.3 is 24.8 Å². The van der Waals surface area contributed by atoms with E-state index in [2.05, 4.69) is 0 Å². The van der Waals surface area contributed by atoms with Crippen LogP contribution < -0.4 is 0 Å². The number of aliphatic hydroxyl groups is 3. The minimum Gasteiger partial charge on any atom is -0.388 e. The summed E-state index contributed by atoms with van der Waals surface area (Å²) < 4.78 is 9.80. The van der Waals surface area contributed by atoms with Crippen LogP contribution in [0.5, 0.6) is 0 Å². The molecule has 0 saturated carbocycles. The topological polar surface area (TPSA) is 113 Å². The molecule has 1 rings (SSSR count). The molecule has 15 heavy (non-hydrogen) atoms. The first kappa shape index (κ1) is 14.2. The van der Waals surface area contributed by atoms with Gasteiger partial charge in [-0.1, -0.05) is 0 Å². The fourth-order valence-corrected chi connectivity index (χ4v) is 1.21. The summed E-state index contributed by atoms with van der Waals surface area (Å²) in [5, 5.41) is 27.8. The first-order chi connectivity index (χ1) is 6.99. The highest BCUT2D eigenvalue weighted by molar-refractivity contribution is 5.20. The van der Waals surface area contributed by atoms with Crippen molar-refractivity contribution >= 4 is 6.15 Å². The Morgan fingerprint density at radius 2 is 1.60 bits per heavy atom. The van der Waals surface area contributed by atoms with E-state index in [-0.39, 0.29) is 6.15 Å². The molecule has 0 bridgehead atoms. The van der Waals surface area contributed by atoms with Crippen LogP contribution in [0.2, 0.25) is 0 Å². The van der Waals surface area contributed by atoms with Crippen LogP contribution in [-0.2, 0) is 19.1 Å². The van der Waals surface area contributed by atoms with Crippen LogP contribution in [0.3, 0.4) is 0 Å². The van der Waals surface area contributed by atoms with Gasteiger partial charge in [-0.05, 0) is 6.92 Å². The molecule has 1 aliphatic heterocycles. The van der Waals surface area contributed by atoms with E-state index in [1.807, 2.05) is 0 Å². The Morgan fingerprint density at radius 3 is 2.00 bits per heavy atom. The van der Waals surface area contributed by atoms with E-state index < -0.39 is 30.7 Å². The third kappa shape index (κ3) is 3.67. The molecule has 0 amide bonds. The SMILES string of the molecule is CO[C@H]1OC(C)[C@@H](O)[C@H](O)C1O.O=C=O. The van der Waals surface area contributed by atoms with Gasteiger partial charge in [-0.25, -0.2) is 0 Å². The van der Waals surface area contributed by atoms with Gasteiger partial charge >= 0.3 is 6.15 Å². The van der Waals surface area contributed by atoms with Crippen molar-refractivity contribution in [1.29, 1.82) is 0 Å². The van der Waals surface area contributed by atoms with Gasteiger partial charge in [-0.15, -0.1) is 0 Å². The molecule has 0 aromatic carbocycles. The van der Waals surface area contributed by atoms with E-state index in [0.29, 0.717) is 0 Å². The van der Waals surface area contributed by atoms with Gasteiger partial charge in [0.05, 0.1) is 6.10 Å². The molecule has 0 aromatic rings. The van der Waals surface area contributed by atoms with Gasteiger partial charge in [0.25, 0.3) is 0 Å². The number of aliphatic hydroxyl groups excluding tert-OH is 3. The zero-order valence-electron chi connectivity index (χ0n) is 8.36. The summed E-state index contributed by atoms with van der Waals surface area (Å²) in [7, 11) is 1.37. The van der Waals surface area contributed by atoms with Crippen molar-refractivity contribution in [2.24, 2.45) is 0 Å². The lowest BCUT2D eigenvalue weighted by atomic mass is 10.0. The number of hydrogen-bond donors (Lipinski definition) is 3. The third-order valence-electron chi connectivity index (χ3n) is 2.04. The molecular formula is C8H14O7. The predicted molar refractivity (Wildman–Crippen MR) is 44.4 cm³/mol. The Hall–Kier alpha value is -0.820. The van der Waals surface area contributed by atoms with Crippen LogP contribution in [0, 0.1) is 0 Å². The van der Waals surface area contributed by atoms with Crippen LogP contribution in [0.25, 0.3) is 0 Å². The van der Waals surface area contributed by atoms with Crippen molar-refractivity contribution in [3.63, 3.8) is 0 Å². The number of ether oxygens (including phenoxy) is 2. The Kier molecular flexibility index (Phi) is 6.26. The van der Waals surface area contributed by atoms with Crippen LogP contribution in [0.4, 0.5) is 0 Å². The Morgan fingerprint density at radius 1 is 1.13 bits per heavy atom. The summed E-state index contributed by atoms with van der Waals surface area (Å²) in [5.41, 5.74) is 0. The van der Waals surface area contributed by atoms with Crippen molar-refractivity contribution in [3.8, 4) is 0 Å². The van der Waals surface area contributed by atoms with Gasteiger partial charge in [-0.3, -0.25) is 0 Å². The van der Waals surface area contributed by atoms with E-state index in [1.54, 1.807) is 6.92 Å². The van der Waals surface area contributed by atoms with Crippen molar-refractivity contribution in [1.82, 2.24) is 0 Å². The maximum atomic E-state index is 9.27. The van der Waals surface area contributed by atoms with Crippen LogP contribution >= 0.6 is 0 Å². The number of methoxy groups -OCH3 is 1. The normalized spacial score (nSPS) is 39.9. The van der Waals surface area contributed by atoms with E-state index in [1.165, 1.54) is 7.11 Å². The molecule has 7 heteroatoms. The second-order valence-electron chi connectivity index (χ2n) is 3.00. The molecule has 0 spiro atoms. The second-order valence-corrected chi connectivity index (χ2v) is 3.00. The summed E-state index contributed by atoms with van der Waals surface area (Å²) in [4.78, 5) is 16.2. The van der Waals surface area contributed by atoms with Gasteiger partial charge in [0, 0.05) is 7.11 Å². The van der Waals surface area contributed by atoms with E-state index >= 15 is 0 Å². The fourth-order valence-electron chi connectivity index (χ4n) is 1.21. The molecule has 1 aliphatic rings. The molecule has 1 saturated heterocycles. The molecule has 0 aliphatic carbocycles. The quantitative estimate of drug-likeness (QED) is 0.464. The summed E-state index contributed by atoms with van der Waals surface area (Å²) in [6, 6.07) is 0. The molecule has 2 unspecified atom stereocenters. The number of hydrogen-bond acceptors (Lipinski definition) is 7. The van der Waals surface area contributed by atoms with Gasteiger partial charge in [0.2, 0.25) is 0 Å². The standard InChI is InChI=1S/C7H14O5.CO2/c1-3-4(8)5(9)6(10)7(11-2)12-3;2-1-3/h3-10H,1-2H3;/t3?,4-,5+,6?,7+;/m1./s1. The average Bonchev–Trinajstić information content (AvgIpc) is 2.21. The molecular weight excluding hydrogens is 208 g/mol. The Balaban J connectivity index is 0.000000583. The highest BCUT2D eigenvalue weighted by Crippen LogP contribution is 2.20. The molecule has 1 heterocycles. The maximum Gasteiger partial charge on any atom is 0.373 e. The van der Waals surface area contributed by atoms with E-state index in [9.17, 15) is 15.3 Å². The smallest absolute Gasteiger partial charge is 0.373 e. The first-order valence-electron chi connectivity index (χ1n) is 4.21. The largest absolute Gasteiger partial charge is 0.388 e. The van der Waals surface area contributed by atoms with Crippen molar-refractivity contribution in [3.05, 3.63) is 0 Å². The molecule has 88 valence electrons. The maximum absolute atomic E-state index is 9.27. The van der Waals surface area contributed by atoms with Crippen LogP contribution in [0.1, 0.15) is 6.92 Å². The summed E-state index contributed by atoms with van der Waals surface area (Å²) in [6.45, 7) is 1.60. The highest BCUT2D eigenvalue weighted by atomic mass is 16.7. The zero-order chi connectivity index (χ0) is 12.0. The summed E-state index contributed by atoms with van der Waals surface area (Å²) in [6.07, 6.45) is -4.61. The Labute approximate surface area is 86.2 Å². The first-order valence-corrected chi connectivity index (χ1v) is 4.21. The minimum atomic E-state index is -1.21. The highest BCUT2D eigenvalue weighted by Gasteiger charge is 2.41. The molecule has 0 radical (unpaired) electrons. The van der Waals surface area contributed by atoms with Crippen molar-refractivity contribution in [2.45, 2.75) is 37.6 Å². The summed E-state index contributed by atoms with van der Waals surface area (Å²) >= 11 is 0. The lowest BCUT2D eigenvalue weighted by molar-refractivity contribution is -0.286. The minimum absolute atomic E-state index is 0.250. The molecule has 7 nitrogen and oxygen atoms in total. The lowest BCUT2D eigenvalue weighted by Crippen LogP contribution is -2.57. The van der Waals surface area contributed by atoms with Gasteiger partial charge in [0.15, 0.2) is 6.29 Å². The van der Waals surface area contributed by atoms with Crippen molar-refractivity contribution in [2.75, 3.05) is 7.11 Å². The molecule has 1 fully saturated rings.